The summed E-state index contributed by atoms with van der Waals surface area (Å²) in [5.74, 6) is 1.46. The fraction of sp³-hybridized carbons (Fsp3) is 0.190. The summed E-state index contributed by atoms with van der Waals surface area (Å²) >= 11 is 0. The average Bonchev–Trinajstić information content (AvgIpc) is 2.73. The van der Waals surface area contributed by atoms with Gasteiger partial charge in [0.15, 0.2) is 0 Å². The average molecular weight is 363 g/mol. The number of anilines is 1. The zero-order chi connectivity index (χ0) is 19.1. The molecule has 2 aromatic heterocycles. The van der Waals surface area contributed by atoms with Crippen molar-refractivity contribution in [2.24, 2.45) is 0 Å². The maximum absolute atomic E-state index is 12.7. The molecule has 6 heteroatoms. The lowest BCUT2D eigenvalue weighted by Gasteiger charge is -2.24. The highest BCUT2D eigenvalue weighted by Crippen LogP contribution is 2.32. The molecule has 1 aromatic carbocycles. The van der Waals surface area contributed by atoms with Gasteiger partial charge in [-0.15, -0.1) is 0 Å². The highest BCUT2D eigenvalue weighted by Gasteiger charge is 2.21. The van der Waals surface area contributed by atoms with Crippen LogP contribution in [-0.4, -0.2) is 23.0 Å². The molecule has 0 aliphatic heterocycles. The van der Waals surface area contributed by atoms with Crippen LogP contribution in [0.25, 0.3) is 0 Å². The first-order valence-electron chi connectivity index (χ1n) is 8.69. The number of hydrogen-bond donors (Lipinski definition) is 0. The lowest BCUT2D eigenvalue weighted by Crippen LogP contribution is -2.30. The minimum Gasteiger partial charge on any atom is -0.481 e. The van der Waals surface area contributed by atoms with Gasteiger partial charge in [-0.25, -0.2) is 9.97 Å². The topological polar surface area (TPSA) is 64.6 Å². The van der Waals surface area contributed by atoms with Crippen LogP contribution in [0.3, 0.4) is 0 Å². The summed E-state index contributed by atoms with van der Waals surface area (Å²) in [4.78, 5) is 22.9. The van der Waals surface area contributed by atoms with E-state index >= 15 is 0 Å². The van der Waals surface area contributed by atoms with E-state index in [1.54, 1.807) is 30.5 Å². The molecule has 0 bridgehead atoms. The second-order valence-corrected chi connectivity index (χ2v) is 5.75. The Morgan fingerprint density at radius 3 is 2.37 bits per heavy atom. The van der Waals surface area contributed by atoms with Gasteiger partial charge in [-0.1, -0.05) is 31.2 Å². The third-order valence-corrected chi connectivity index (χ3v) is 3.97. The van der Waals surface area contributed by atoms with E-state index in [9.17, 15) is 4.79 Å². The van der Waals surface area contributed by atoms with Gasteiger partial charge in [-0.05, 0) is 30.3 Å². The molecule has 0 fully saturated rings. The van der Waals surface area contributed by atoms with Crippen molar-refractivity contribution in [1.29, 1.82) is 0 Å². The van der Waals surface area contributed by atoms with E-state index in [2.05, 4.69) is 9.97 Å². The number of ether oxygens (including phenoxy) is 2. The van der Waals surface area contributed by atoms with Crippen molar-refractivity contribution < 1.29 is 14.3 Å². The first kappa shape index (κ1) is 18.4. The Hall–Kier alpha value is -3.41. The molecule has 2 heterocycles. The predicted octanol–water partition coefficient (Wildman–Crippen LogP) is 4.22. The molecule has 0 aliphatic rings. The third-order valence-electron chi connectivity index (χ3n) is 3.97. The number of methoxy groups -OCH3 is 1. The van der Waals surface area contributed by atoms with Crippen LogP contribution in [0.1, 0.15) is 18.9 Å². The molecule has 6 nitrogen and oxygen atoms in total. The molecule has 0 N–H and O–H groups in total. The summed E-state index contributed by atoms with van der Waals surface area (Å²) in [5.41, 5.74) is 1.40. The summed E-state index contributed by atoms with van der Waals surface area (Å²) in [5, 5.41) is 0. The first-order valence-corrected chi connectivity index (χ1v) is 8.69. The quantitative estimate of drug-likeness (QED) is 0.629. The monoisotopic (exact) mass is 363 g/mol. The minimum absolute atomic E-state index is 0.0492. The van der Waals surface area contributed by atoms with Crippen LogP contribution in [0.2, 0.25) is 0 Å². The number of rotatable bonds is 7. The van der Waals surface area contributed by atoms with E-state index in [1.165, 1.54) is 0 Å². The molecule has 3 aromatic rings. The number of nitrogens with zero attached hydrogens (tertiary/aromatic N) is 3. The minimum atomic E-state index is -0.0492. The van der Waals surface area contributed by atoms with Gasteiger partial charge in [0.1, 0.15) is 11.4 Å². The maximum Gasteiger partial charge on any atom is 0.243 e. The Bertz CT molecular complexity index is 900. The molecular formula is C21H21N3O3. The summed E-state index contributed by atoms with van der Waals surface area (Å²) < 4.78 is 11.3. The van der Waals surface area contributed by atoms with Gasteiger partial charge in [-0.2, -0.15) is 0 Å². The van der Waals surface area contributed by atoms with Crippen LogP contribution >= 0.6 is 0 Å². The van der Waals surface area contributed by atoms with Crippen molar-refractivity contribution >= 4 is 11.6 Å². The van der Waals surface area contributed by atoms with E-state index in [1.807, 2.05) is 55.5 Å². The van der Waals surface area contributed by atoms with Gasteiger partial charge >= 0.3 is 0 Å². The van der Waals surface area contributed by atoms with Gasteiger partial charge in [0.25, 0.3) is 0 Å². The Morgan fingerprint density at radius 2 is 1.67 bits per heavy atom. The Labute approximate surface area is 158 Å². The second kappa shape index (κ2) is 8.80. The number of hydrogen-bond acceptors (Lipinski definition) is 5. The maximum atomic E-state index is 12.7. The number of aromatic nitrogens is 2. The number of amides is 1. The van der Waals surface area contributed by atoms with Crippen molar-refractivity contribution in [3.05, 3.63) is 72.6 Å². The zero-order valence-electron chi connectivity index (χ0n) is 15.3. The highest BCUT2D eigenvalue weighted by molar-refractivity contribution is 5.94. The largest absolute Gasteiger partial charge is 0.481 e. The lowest BCUT2D eigenvalue weighted by atomic mass is 10.2. The van der Waals surface area contributed by atoms with Crippen LogP contribution in [0, 0.1) is 0 Å². The van der Waals surface area contributed by atoms with Crippen LogP contribution in [0.15, 0.2) is 67.0 Å². The summed E-state index contributed by atoms with van der Waals surface area (Å²) in [7, 11) is 1.56. The fourth-order valence-electron chi connectivity index (χ4n) is 2.66. The summed E-state index contributed by atoms with van der Waals surface area (Å²) in [6, 6.07) is 16.7. The number of carbonyl (C=O) groups excluding carboxylic acids is 1. The van der Waals surface area contributed by atoms with Crippen molar-refractivity contribution in [1.82, 2.24) is 9.97 Å². The molecule has 0 saturated carbocycles. The fourth-order valence-corrected chi connectivity index (χ4v) is 2.66. The zero-order valence-corrected chi connectivity index (χ0v) is 15.3. The molecule has 3 rings (SSSR count). The Morgan fingerprint density at radius 1 is 0.963 bits per heavy atom. The molecular weight excluding hydrogens is 342 g/mol. The molecule has 0 atom stereocenters. The SMILES string of the molecule is CCC(=O)N(Cc1cccnc1OC)c1cccnc1Oc1ccccc1. The molecule has 0 aliphatic carbocycles. The van der Waals surface area contributed by atoms with E-state index in [-0.39, 0.29) is 5.91 Å². The normalized spacial score (nSPS) is 10.3. The Balaban J connectivity index is 1.97. The van der Waals surface area contributed by atoms with Crippen molar-refractivity contribution in [2.75, 3.05) is 12.0 Å². The van der Waals surface area contributed by atoms with E-state index in [0.717, 1.165) is 5.56 Å². The van der Waals surface area contributed by atoms with Crippen molar-refractivity contribution in [3.63, 3.8) is 0 Å². The van der Waals surface area contributed by atoms with Crippen molar-refractivity contribution in [2.45, 2.75) is 19.9 Å². The highest BCUT2D eigenvalue weighted by atomic mass is 16.5. The smallest absolute Gasteiger partial charge is 0.243 e. The molecule has 1 amide bonds. The predicted molar refractivity (Wildman–Crippen MR) is 103 cm³/mol. The van der Waals surface area contributed by atoms with Gasteiger partial charge in [0.2, 0.25) is 17.7 Å². The van der Waals surface area contributed by atoms with Gasteiger partial charge in [0.05, 0.1) is 13.7 Å². The number of benzene rings is 1. The van der Waals surface area contributed by atoms with Crippen molar-refractivity contribution in [3.8, 4) is 17.5 Å². The van der Waals surface area contributed by atoms with Crippen LogP contribution in [0.5, 0.6) is 17.5 Å². The molecule has 0 spiro atoms. The van der Waals surface area contributed by atoms with Crippen LogP contribution in [0.4, 0.5) is 5.69 Å². The number of pyridine rings is 2. The van der Waals surface area contributed by atoms with E-state index in [4.69, 9.17) is 9.47 Å². The van der Waals surface area contributed by atoms with Crippen LogP contribution in [-0.2, 0) is 11.3 Å². The molecule has 27 heavy (non-hydrogen) atoms. The molecule has 0 saturated heterocycles. The van der Waals surface area contributed by atoms with Gasteiger partial charge in [-0.3, -0.25) is 4.79 Å². The lowest BCUT2D eigenvalue weighted by molar-refractivity contribution is -0.118. The summed E-state index contributed by atoms with van der Waals surface area (Å²) in [6.45, 7) is 2.13. The molecule has 0 unspecified atom stereocenters. The first-order chi connectivity index (χ1) is 13.2. The third kappa shape index (κ3) is 4.41. The summed E-state index contributed by atoms with van der Waals surface area (Å²) in [6.07, 6.45) is 3.64. The van der Waals surface area contributed by atoms with Gasteiger partial charge < -0.3 is 14.4 Å². The van der Waals surface area contributed by atoms with E-state index < -0.39 is 0 Å². The van der Waals surface area contributed by atoms with E-state index in [0.29, 0.717) is 36.2 Å². The molecule has 138 valence electrons. The number of para-hydroxylation sites is 1. The Kier molecular flexibility index (Phi) is 5.99. The van der Waals surface area contributed by atoms with Crippen LogP contribution < -0.4 is 14.4 Å². The second-order valence-electron chi connectivity index (χ2n) is 5.75. The standard InChI is InChI=1S/C21H21N3O3/c1-3-19(25)24(15-16-9-7-13-22-20(16)26-2)18-12-8-14-23-21(18)27-17-10-5-4-6-11-17/h4-14H,3,15H2,1-2H3. The molecule has 0 radical (unpaired) electrons. The number of carbonyl (C=O) groups is 1. The van der Waals surface area contributed by atoms with Gasteiger partial charge in [0, 0.05) is 24.4 Å².